The highest BCUT2D eigenvalue weighted by Crippen LogP contribution is 2.32. The van der Waals surface area contributed by atoms with E-state index in [1.807, 2.05) is 37.3 Å². The maximum absolute atomic E-state index is 11.2. The normalized spacial score (nSPS) is 21.0. The molecule has 2 unspecified atom stereocenters. The van der Waals surface area contributed by atoms with Gasteiger partial charge in [-0.15, -0.1) is 0 Å². The Bertz CT molecular complexity index is 504. The fourth-order valence-electron chi connectivity index (χ4n) is 2.30. The second-order valence-electron chi connectivity index (χ2n) is 6.61. The van der Waals surface area contributed by atoms with Crippen LogP contribution in [0.25, 0.3) is 0 Å². The molecule has 0 radical (unpaired) electrons. The van der Waals surface area contributed by atoms with Gasteiger partial charge in [0.25, 0.3) is 0 Å². The van der Waals surface area contributed by atoms with Gasteiger partial charge in [-0.1, -0.05) is 69.4 Å². The summed E-state index contributed by atoms with van der Waals surface area (Å²) in [5.74, 6) is 0.311. The number of hydrogen-bond acceptors (Lipinski definition) is 2. The van der Waals surface area contributed by atoms with Crippen molar-refractivity contribution < 1.29 is 9.53 Å². The predicted octanol–water partition coefficient (Wildman–Crippen LogP) is 5.55. The number of rotatable bonds is 8. The molecule has 0 N–H and O–H groups in total. The number of carbonyl (C=O) groups is 1. The molecule has 1 rings (SSSR count). The Morgan fingerprint density at radius 2 is 2.04 bits per heavy atom. The summed E-state index contributed by atoms with van der Waals surface area (Å²) in [7, 11) is 0. The summed E-state index contributed by atoms with van der Waals surface area (Å²) in [5.41, 5.74) is 0.0855. The van der Waals surface area contributed by atoms with Crippen LogP contribution in [0.4, 0.5) is 0 Å². The minimum absolute atomic E-state index is 0.0855. The highest BCUT2D eigenvalue weighted by atomic mass is 16.5. The van der Waals surface area contributed by atoms with Crippen molar-refractivity contribution in [2.24, 2.45) is 11.3 Å². The van der Waals surface area contributed by atoms with E-state index in [0.717, 1.165) is 19.3 Å². The van der Waals surface area contributed by atoms with Gasteiger partial charge in [-0.2, -0.15) is 0 Å². The summed E-state index contributed by atoms with van der Waals surface area (Å²) in [4.78, 5) is 11.2. The summed E-state index contributed by atoms with van der Waals surface area (Å²) in [5, 5.41) is 0. The lowest BCUT2D eigenvalue weighted by molar-refractivity contribution is -0.141. The molecular weight excluding hydrogens is 284 g/mol. The van der Waals surface area contributed by atoms with Gasteiger partial charge in [0, 0.05) is 12.5 Å². The zero-order chi connectivity index (χ0) is 17.1. The molecule has 23 heavy (non-hydrogen) atoms. The van der Waals surface area contributed by atoms with Gasteiger partial charge in [0.1, 0.15) is 6.10 Å². The Morgan fingerprint density at radius 3 is 2.74 bits per heavy atom. The molecule has 0 amide bonds. The van der Waals surface area contributed by atoms with Crippen LogP contribution in [-0.2, 0) is 9.53 Å². The molecule has 0 saturated carbocycles. The van der Waals surface area contributed by atoms with Crippen LogP contribution in [0.5, 0.6) is 0 Å². The minimum Gasteiger partial charge on any atom is -0.455 e. The average molecular weight is 314 g/mol. The van der Waals surface area contributed by atoms with E-state index in [1.54, 1.807) is 0 Å². The summed E-state index contributed by atoms with van der Waals surface area (Å²) in [6.45, 7) is 8.77. The van der Waals surface area contributed by atoms with Crippen LogP contribution in [0.1, 0.15) is 47.0 Å². The first-order chi connectivity index (χ1) is 11.0. The van der Waals surface area contributed by atoms with Crippen LogP contribution in [0.15, 0.2) is 60.8 Å². The highest BCUT2D eigenvalue weighted by Gasteiger charge is 2.23. The van der Waals surface area contributed by atoms with Gasteiger partial charge >= 0.3 is 5.97 Å². The molecular formula is C21H30O2. The molecule has 0 aromatic carbocycles. The van der Waals surface area contributed by atoms with E-state index in [0.29, 0.717) is 5.92 Å². The van der Waals surface area contributed by atoms with Crippen molar-refractivity contribution in [1.29, 1.82) is 0 Å². The van der Waals surface area contributed by atoms with E-state index in [2.05, 4.69) is 45.1 Å². The maximum atomic E-state index is 11.2. The van der Waals surface area contributed by atoms with Crippen LogP contribution in [0.3, 0.4) is 0 Å². The van der Waals surface area contributed by atoms with Crippen molar-refractivity contribution in [1.82, 2.24) is 0 Å². The van der Waals surface area contributed by atoms with Gasteiger partial charge < -0.3 is 4.74 Å². The smallest absolute Gasteiger partial charge is 0.331 e. The van der Waals surface area contributed by atoms with Crippen molar-refractivity contribution in [2.45, 2.75) is 53.1 Å². The van der Waals surface area contributed by atoms with Crippen LogP contribution in [0.2, 0.25) is 0 Å². The molecule has 0 saturated heterocycles. The second kappa shape index (κ2) is 10.0. The van der Waals surface area contributed by atoms with Gasteiger partial charge in [0.2, 0.25) is 0 Å². The number of carbonyl (C=O) groups excluding carboxylic acids is 1. The van der Waals surface area contributed by atoms with Crippen molar-refractivity contribution in [3.8, 4) is 0 Å². The van der Waals surface area contributed by atoms with Crippen molar-refractivity contribution in [3.63, 3.8) is 0 Å². The molecule has 2 atom stereocenters. The van der Waals surface area contributed by atoms with E-state index < -0.39 is 0 Å². The summed E-state index contributed by atoms with van der Waals surface area (Å²) in [6, 6.07) is 0. The minimum atomic E-state index is -0.243. The molecule has 1 aliphatic rings. The highest BCUT2D eigenvalue weighted by molar-refractivity contribution is 5.82. The van der Waals surface area contributed by atoms with Gasteiger partial charge in [-0.05, 0) is 37.2 Å². The van der Waals surface area contributed by atoms with Crippen LogP contribution in [0, 0.1) is 11.3 Å². The largest absolute Gasteiger partial charge is 0.455 e. The summed E-state index contributed by atoms with van der Waals surface area (Å²) in [6.07, 6.45) is 22.9. The summed E-state index contributed by atoms with van der Waals surface area (Å²) >= 11 is 0. The Morgan fingerprint density at radius 1 is 1.30 bits per heavy atom. The molecule has 0 aliphatic carbocycles. The Balaban J connectivity index is 2.42. The number of ether oxygens (including phenoxy) is 1. The Hall–Kier alpha value is -1.83. The summed E-state index contributed by atoms with van der Waals surface area (Å²) < 4.78 is 5.27. The van der Waals surface area contributed by atoms with Gasteiger partial charge in [0.15, 0.2) is 0 Å². The first-order valence-electron chi connectivity index (χ1n) is 8.46. The van der Waals surface area contributed by atoms with Crippen LogP contribution in [-0.4, -0.2) is 12.1 Å². The molecule has 2 heteroatoms. The predicted molar refractivity (Wildman–Crippen MR) is 98.1 cm³/mol. The zero-order valence-electron chi connectivity index (χ0n) is 14.9. The molecule has 0 spiro atoms. The van der Waals surface area contributed by atoms with Crippen molar-refractivity contribution >= 4 is 5.97 Å². The molecule has 0 bridgehead atoms. The lowest BCUT2D eigenvalue weighted by atomic mass is 9.77. The lowest BCUT2D eigenvalue weighted by Gasteiger charge is -2.29. The molecule has 0 fully saturated rings. The van der Waals surface area contributed by atoms with E-state index in [4.69, 9.17) is 4.74 Å². The average Bonchev–Trinajstić information content (AvgIpc) is 2.52. The third-order valence-corrected chi connectivity index (χ3v) is 4.33. The maximum Gasteiger partial charge on any atom is 0.331 e. The molecule has 2 nitrogen and oxygen atoms in total. The number of esters is 1. The monoisotopic (exact) mass is 314 g/mol. The van der Waals surface area contributed by atoms with E-state index in [9.17, 15) is 4.79 Å². The fraction of sp³-hybridized carbons (Fsp3) is 0.476. The Kier molecular flexibility index (Phi) is 8.39. The first kappa shape index (κ1) is 19.2. The third-order valence-electron chi connectivity index (χ3n) is 4.33. The van der Waals surface area contributed by atoms with E-state index in [-0.39, 0.29) is 17.5 Å². The first-order valence-corrected chi connectivity index (χ1v) is 8.46. The van der Waals surface area contributed by atoms with Crippen LogP contribution < -0.4 is 0 Å². The second-order valence-corrected chi connectivity index (χ2v) is 6.61. The molecule has 126 valence electrons. The van der Waals surface area contributed by atoms with E-state index >= 15 is 0 Å². The topological polar surface area (TPSA) is 26.3 Å². The third kappa shape index (κ3) is 7.83. The quantitative estimate of drug-likeness (QED) is 0.334. The number of hydrogen-bond donors (Lipinski definition) is 0. The number of allylic oxidation sites excluding steroid dienone is 7. The standard InChI is InChI=1S/C21H30O2/c1-5-6-7-8-9-10-11-13-18(2)21(3,4)17-16-19-14-12-15-20(22)23-19/h5-10,12,15-19H,11,13-14H2,1-4H3/b6-5+,8-7-,10-9-,17-16+. The molecule has 0 aromatic rings. The SMILES string of the molecule is C/C=C/C=C\C=C/CCC(C)C(C)(C)/C=C/C1CC=CC(=O)O1. The van der Waals surface area contributed by atoms with Gasteiger partial charge in [0.05, 0.1) is 0 Å². The van der Waals surface area contributed by atoms with E-state index in [1.165, 1.54) is 6.08 Å². The van der Waals surface area contributed by atoms with Gasteiger partial charge in [-0.3, -0.25) is 0 Å². The molecule has 1 aliphatic heterocycles. The number of cyclic esters (lactones) is 1. The van der Waals surface area contributed by atoms with Crippen molar-refractivity contribution in [2.75, 3.05) is 0 Å². The zero-order valence-corrected chi connectivity index (χ0v) is 14.9. The van der Waals surface area contributed by atoms with Crippen molar-refractivity contribution in [3.05, 3.63) is 60.8 Å². The Labute approximate surface area is 141 Å². The lowest BCUT2D eigenvalue weighted by Crippen LogP contribution is -2.22. The van der Waals surface area contributed by atoms with Gasteiger partial charge in [-0.25, -0.2) is 4.79 Å². The van der Waals surface area contributed by atoms with Crippen LogP contribution >= 0.6 is 0 Å². The molecule has 1 heterocycles. The molecule has 0 aromatic heterocycles. The fourth-order valence-corrected chi connectivity index (χ4v) is 2.30.